The molecule has 1 saturated carbocycles. The molecule has 1 aliphatic rings. The van der Waals surface area contributed by atoms with Gasteiger partial charge in [-0.05, 0) is 24.3 Å². The second kappa shape index (κ2) is 5.71. The van der Waals surface area contributed by atoms with Gasteiger partial charge in [-0.3, -0.25) is 9.59 Å². The van der Waals surface area contributed by atoms with Crippen LogP contribution in [-0.2, 0) is 9.59 Å². The lowest BCUT2D eigenvalue weighted by atomic mass is 9.86. The Kier molecular flexibility index (Phi) is 4.21. The smallest absolute Gasteiger partial charge is 0.311 e. The highest BCUT2D eigenvalue weighted by Gasteiger charge is 2.41. The second-order valence-electron chi connectivity index (χ2n) is 5.00. The van der Waals surface area contributed by atoms with Crippen LogP contribution in [0.5, 0.6) is 0 Å². The first kappa shape index (κ1) is 14.0. The molecule has 0 aliphatic heterocycles. The largest absolute Gasteiger partial charge is 0.481 e. The number of carboxylic acid groups (broad SMARTS) is 1. The van der Waals surface area contributed by atoms with Gasteiger partial charge in [-0.1, -0.05) is 18.9 Å². The van der Waals surface area contributed by atoms with Crippen LogP contribution in [-0.4, -0.2) is 23.5 Å². The number of carbonyl (C=O) groups excluding carboxylic acids is 1. The molecule has 0 saturated heterocycles. The van der Waals surface area contributed by atoms with Crippen LogP contribution in [0.15, 0.2) is 17.5 Å². The summed E-state index contributed by atoms with van der Waals surface area (Å²) in [7, 11) is 0. The predicted molar refractivity (Wildman–Crippen MR) is 72.8 cm³/mol. The van der Waals surface area contributed by atoms with Crippen molar-refractivity contribution in [3.05, 3.63) is 22.4 Å². The van der Waals surface area contributed by atoms with E-state index in [1.54, 1.807) is 6.07 Å². The van der Waals surface area contributed by atoms with Crippen molar-refractivity contribution in [3.8, 4) is 0 Å². The number of rotatable bonds is 5. The van der Waals surface area contributed by atoms with Crippen molar-refractivity contribution in [2.75, 3.05) is 6.54 Å². The zero-order valence-electron chi connectivity index (χ0n) is 10.6. The fourth-order valence-electron chi connectivity index (χ4n) is 2.48. The van der Waals surface area contributed by atoms with Crippen LogP contribution in [0.3, 0.4) is 0 Å². The van der Waals surface area contributed by atoms with Crippen molar-refractivity contribution in [3.63, 3.8) is 0 Å². The van der Waals surface area contributed by atoms with Gasteiger partial charge >= 0.3 is 5.97 Å². The molecular weight excluding hydrogens is 264 g/mol. The molecule has 1 heterocycles. The monoisotopic (exact) mass is 282 g/mol. The molecule has 0 aromatic carbocycles. The highest BCUT2D eigenvalue weighted by Crippen LogP contribution is 2.37. The zero-order chi connectivity index (χ0) is 13.9. The topological polar surface area (TPSA) is 92.4 Å². The Morgan fingerprint density at radius 1 is 1.47 bits per heavy atom. The summed E-state index contributed by atoms with van der Waals surface area (Å²) in [5, 5.41) is 13.9. The molecule has 0 bridgehead atoms. The minimum atomic E-state index is -0.824. The van der Waals surface area contributed by atoms with E-state index in [0.717, 1.165) is 17.7 Å². The van der Waals surface area contributed by atoms with Crippen molar-refractivity contribution >= 4 is 23.2 Å². The van der Waals surface area contributed by atoms with E-state index < -0.39 is 17.4 Å². The molecule has 1 aromatic heterocycles. The van der Waals surface area contributed by atoms with E-state index in [2.05, 4.69) is 5.32 Å². The van der Waals surface area contributed by atoms with Gasteiger partial charge in [-0.2, -0.15) is 0 Å². The fourth-order valence-corrected chi connectivity index (χ4v) is 3.21. The van der Waals surface area contributed by atoms with Crippen LogP contribution < -0.4 is 11.1 Å². The molecule has 1 fully saturated rings. The van der Waals surface area contributed by atoms with Crippen LogP contribution >= 0.6 is 11.3 Å². The minimum Gasteiger partial charge on any atom is -0.481 e. The lowest BCUT2D eigenvalue weighted by Crippen LogP contribution is -2.44. The quantitative estimate of drug-likeness (QED) is 0.763. The number of carbonyl (C=O) groups is 2. The molecule has 4 N–H and O–H groups in total. The predicted octanol–water partition coefficient (Wildman–Crippen LogP) is 1.51. The van der Waals surface area contributed by atoms with Crippen molar-refractivity contribution in [2.24, 2.45) is 11.1 Å². The minimum absolute atomic E-state index is 0.167. The summed E-state index contributed by atoms with van der Waals surface area (Å²) >= 11 is 1.42. The number of hydrogen-bond acceptors (Lipinski definition) is 4. The summed E-state index contributed by atoms with van der Waals surface area (Å²) in [4.78, 5) is 24.1. The number of aliphatic carboxylic acids is 1. The number of nitrogens with two attached hydrogens (primary N) is 1. The number of nitrogens with one attached hydrogen (secondary N) is 1. The SMILES string of the molecule is NC(C(=O)NCC1(C(=O)O)CCCC1)c1cccs1. The highest BCUT2D eigenvalue weighted by molar-refractivity contribution is 7.10. The number of carboxylic acids is 1. The molecule has 2 rings (SSSR count). The van der Waals surface area contributed by atoms with E-state index in [-0.39, 0.29) is 12.5 Å². The fraction of sp³-hybridized carbons (Fsp3) is 0.538. The van der Waals surface area contributed by atoms with Crippen molar-refractivity contribution in [1.29, 1.82) is 0 Å². The van der Waals surface area contributed by atoms with Gasteiger partial charge < -0.3 is 16.2 Å². The maximum absolute atomic E-state index is 11.9. The average Bonchev–Trinajstić information content (AvgIpc) is 3.06. The summed E-state index contributed by atoms with van der Waals surface area (Å²) in [6.45, 7) is 0.167. The van der Waals surface area contributed by atoms with Gasteiger partial charge in [0, 0.05) is 11.4 Å². The van der Waals surface area contributed by atoms with E-state index in [9.17, 15) is 14.7 Å². The first-order valence-electron chi connectivity index (χ1n) is 6.35. The third kappa shape index (κ3) is 2.96. The van der Waals surface area contributed by atoms with Crippen LogP contribution in [0.25, 0.3) is 0 Å². The molecule has 1 atom stereocenters. The lowest BCUT2D eigenvalue weighted by molar-refractivity contribution is -0.148. The molecule has 104 valence electrons. The van der Waals surface area contributed by atoms with Crippen molar-refractivity contribution in [2.45, 2.75) is 31.7 Å². The Morgan fingerprint density at radius 2 is 2.16 bits per heavy atom. The van der Waals surface area contributed by atoms with Gasteiger partial charge in [0.15, 0.2) is 0 Å². The molecule has 19 heavy (non-hydrogen) atoms. The van der Waals surface area contributed by atoms with Gasteiger partial charge in [0.1, 0.15) is 6.04 Å². The second-order valence-corrected chi connectivity index (χ2v) is 5.98. The Balaban J connectivity index is 1.94. The van der Waals surface area contributed by atoms with Gasteiger partial charge in [-0.15, -0.1) is 11.3 Å². The van der Waals surface area contributed by atoms with Crippen molar-refractivity contribution in [1.82, 2.24) is 5.32 Å². The standard InChI is InChI=1S/C13H18N2O3S/c14-10(9-4-3-7-19-9)11(16)15-8-13(12(17)18)5-1-2-6-13/h3-4,7,10H,1-2,5-6,8,14H2,(H,15,16)(H,17,18). The summed E-state index contributed by atoms with van der Waals surface area (Å²) in [6.07, 6.45) is 3.05. The molecule has 1 aromatic rings. The van der Waals surface area contributed by atoms with E-state index in [1.165, 1.54) is 11.3 Å². The lowest BCUT2D eigenvalue weighted by Gasteiger charge is -2.24. The highest BCUT2D eigenvalue weighted by atomic mass is 32.1. The molecule has 1 aliphatic carbocycles. The molecule has 0 radical (unpaired) electrons. The molecule has 0 spiro atoms. The maximum Gasteiger partial charge on any atom is 0.311 e. The van der Waals surface area contributed by atoms with Gasteiger partial charge in [0.2, 0.25) is 5.91 Å². The molecule has 1 amide bonds. The Morgan fingerprint density at radius 3 is 2.68 bits per heavy atom. The molecule has 5 nitrogen and oxygen atoms in total. The number of hydrogen-bond donors (Lipinski definition) is 3. The van der Waals surface area contributed by atoms with E-state index >= 15 is 0 Å². The van der Waals surface area contributed by atoms with Crippen LogP contribution in [0, 0.1) is 5.41 Å². The Bertz CT molecular complexity index is 452. The third-order valence-corrected chi connectivity index (χ3v) is 4.70. The van der Waals surface area contributed by atoms with Crippen molar-refractivity contribution < 1.29 is 14.7 Å². The van der Waals surface area contributed by atoms with Crippen LogP contribution in [0.1, 0.15) is 36.6 Å². The molecule has 1 unspecified atom stereocenters. The summed E-state index contributed by atoms with van der Waals surface area (Å²) in [6, 6.07) is 2.92. The number of thiophene rings is 1. The van der Waals surface area contributed by atoms with Gasteiger partial charge in [0.25, 0.3) is 0 Å². The summed E-state index contributed by atoms with van der Waals surface area (Å²) in [5.74, 6) is -1.13. The van der Waals surface area contributed by atoms with E-state index in [0.29, 0.717) is 12.8 Å². The van der Waals surface area contributed by atoms with Crippen LogP contribution in [0.2, 0.25) is 0 Å². The molecule has 6 heteroatoms. The first-order valence-corrected chi connectivity index (χ1v) is 7.23. The normalized spacial score (nSPS) is 19.0. The molecular formula is C13H18N2O3S. The Hall–Kier alpha value is -1.40. The summed E-state index contributed by atoms with van der Waals surface area (Å²) < 4.78 is 0. The van der Waals surface area contributed by atoms with E-state index in [4.69, 9.17) is 5.73 Å². The summed E-state index contributed by atoms with van der Waals surface area (Å²) in [5.41, 5.74) is 5.04. The Labute approximate surface area is 115 Å². The van der Waals surface area contributed by atoms with Crippen LogP contribution in [0.4, 0.5) is 0 Å². The zero-order valence-corrected chi connectivity index (χ0v) is 11.4. The van der Waals surface area contributed by atoms with Gasteiger partial charge in [-0.25, -0.2) is 0 Å². The average molecular weight is 282 g/mol. The third-order valence-electron chi connectivity index (χ3n) is 3.75. The number of amides is 1. The van der Waals surface area contributed by atoms with Gasteiger partial charge in [0.05, 0.1) is 5.41 Å². The maximum atomic E-state index is 11.9. The van der Waals surface area contributed by atoms with E-state index in [1.807, 2.05) is 11.4 Å². The first-order chi connectivity index (χ1) is 9.05.